The van der Waals surface area contributed by atoms with Crippen LogP contribution in [0.5, 0.6) is 0 Å². The van der Waals surface area contributed by atoms with Crippen molar-refractivity contribution in [3.63, 3.8) is 0 Å². The molecule has 0 aromatic rings. The first-order chi connectivity index (χ1) is 15.1. The maximum absolute atomic E-state index is 3.04. The second-order valence-electron chi connectivity index (χ2n) is 13.4. The van der Waals surface area contributed by atoms with Crippen molar-refractivity contribution in [3.05, 3.63) is 0 Å². The molecule has 6 rings (SSSR count). The average Bonchev–Trinajstić information content (AvgIpc) is 3.21. The minimum atomic E-state index is 0.574. The molecule has 0 bridgehead atoms. The van der Waals surface area contributed by atoms with Crippen LogP contribution >= 0.6 is 0 Å². The Morgan fingerprint density at radius 2 is 1.26 bits per heavy atom. The van der Waals surface area contributed by atoms with Gasteiger partial charge < -0.3 is 4.90 Å². The van der Waals surface area contributed by atoms with Crippen LogP contribution in [0.3, 0.4) is 0 Å². The number of nitrogens with zero attached hydrogens (tertiary/aromatic N) is 2. The summed E-state index contributed by atoms with van der Waals surface area (Å²) in [5, 5.41) is 0. The Hall–Kier alpha value is -0.0800. The molecule has 0 spiro atoms. The summed E-state index contributed by atoms with van der Waals surface area (Å²) in [5.41, 5.74) is 1.26. The van der Waals surface area contributed by atoms with Crippen LogP contribution < -0.4 is 0 Å². The van der Waals surface area contributed by atoms with Crippen LogP contribution in [-0.4, -0.2) is 48.1 Å². The fourth-order valence-corrected chi connectivity index (χ4v) is 10.8. The molecular formula is C29H50N2. The zero-order valence-corrected chi connectivity index (χ0v) is 20.8. The summed E-state index contributed by atoms with van der Waals surface area (Å²) < 4.78 is 0. The van der Waals surface area contributed by atoms with E-state index >= 15 is 0 Å². The van der Waals surface area contributed by atoms with Crippen molar-refractivity contribution in [1.82, 2.24) is 9.80 Å². The van der Waals surface area contributed by atoms with Gasteiger partial charge in [0.2, 0.25) is 0 Å². The minimum absolute atomic E-state index is 0.574. The van der Waals surface area contributed by atoms with Crippen LogP contribution in [0.1, 0.15) is 110 Å². The normalized spacial score (nSPS) is 51.7. The highest BCUT2D eigenvalue weighted by atomic mass is 15.2. The molecule has 0 aromatic heterocycles. The van der Waals surface area contributed by atoms with Gasteiger partial charge in [-0.15, -0.1) is 0 Å². The second kappa shape index (κ2) is 8.30. The summed E-state index contributed by atoms with van der Waals surface area (Å²) in [6.07, 6.45) is 22.6. The molecule has 0 radical (unpaired) electrons. The number of fused-ring (bicyclic) bond motifs is 5. The molecule has 176 valence electrons. The van der Waals surface area contributed by atoms with E-state index in [2.05, 4.69) is 23.6 Å². The maximum atomic E-state index is 3.04. The smallest absolute Gasteiger partial charge is 0.0155 e. The first-order valence-corrected chi connectivity index (χ1v) is 14.6. The lowest BCUT2D eigenvalue weighted by Gasteiger charge is -2.67. The van der Waals surface area contributed by atoms with Crippen LogP contribution in [-0.2, 0) is 0 Å². The van der Waals surface area contributed by atoms with E-state index < -0.39 is 0 Å². The third-order valence-corrected chi connectivity index (χ3v) is 12.2. The summed E-state index contributed by atoms with van der Waals surface area (Å²) in [5.74, 6) is 4.06. The molecule has 2 heteroatoms. The van der Waals surface area contributed by atoms with Gasteiger partial charge in [-0.1, -0.05) is 39.5 Å². The van der Waals surface area contributed by atoms with Gasteiger partial charge >= 0.3 is 0 Å². The second-order valence-corrected chi connectivity index (χ2v) is 13.4. The zero-order chi connectivity index (χ0) is 21.1. The van der Waals surface area contributed by atoms with Gasteiger partial charge in [-0.05, 0) is 131 Å². The average molecular weight is 427 g/mol. The predicted molar refractivity (Wildman–Crippen MR) is 130 cm³/mol. The van der Waals surface area contributed by atoms with E-state index in [-0.39, 0.29) is 0 Å². The SMILES string of the molecule is C[C@@]12CCC[C@H]1[C@@H]1CC(N3CCCCC3)[C@H]3CCCC(N4CCCCC4)[C@]3(C)[C@H]1CC2. The van der Waals surface area contributed by atoms with Gasteiger partial charge in [0, 0.05) is 12.1 Å². The topological polar surface area (TPSA) is 6.48 Å². The van der Waals surface area contributed by atoms with E-state index in [9.17, 15) is 0 Å². The summed E-state index contributed by atoms with van der Waals surface area (Å²) in [4.78, 5) is 6.08. The van der Waals surface area contributed by atoms with Crippen LogP contribution in [0.2, 0.25) is 0 Å². The van der Waals surface area contributed by atoms with E-state index in [1.807, 2.05) is 0 Å². The number of rotatable bonds is 2. The number of hydrogen-bond donors (Lipinski definition) is 0. The molecule has 2 unspecified atom stereocenters. The van der Waals surface area contributed by atoms with E-state index in [1.54, 1.807) is 25.7 Å². The van der Waals surface area contributed by atoms with E-state index in [4.69, 9.17) is 0 Å². The summed E-state index contributed by atoms with van der Waals surface area (Å²) in [7, 11) is 0. The Labute approximate surface area is 192 Å². The molecule has 8 atom stereocenters. The Kier molecular flexibility index (Phi) is 5.74. The summed E-state index contributed by atoms with van der Waals surface area (Å²) >= 11 is 0. The van der Waals surface area contributed by atoms with E-state index in [0.29, 0.717) is 10.8 Å². The molecule has 2 saturated heterocycles. The van der Waals surface area contributed by atoms with Crippen molar-refractivity contribution >= 4 is 0 Å². The highest BCUT2D eigenvalue weighted by Crippen LogP contribution is 2.67. The van der Waals surface area contributed by atoms with Gasteiger partial charge in [0.15, 0.2) is 0 Å². The highest BCUT2D eigenvalue weighted by Gasteiger charge is 2.63. The quantitative estimate of drug-likeness (QED) is 0.482. The van der Waals surface area contributed by atoms with Crippen LogP contribution in [0.25, 0.3) is 0 Å². The Morgan fingerprint density at radius 3 is 2.00 bits per heavy atom. The number of likely N-dealkylation sites (tertiary alicyclic amines) is 2. The maximum Gasteiger partial charge on any atom is 0.0155 e. The summed E-state index contributed by atoms with van der Waals surface area (Å²) in [6.45, 7) is 11.2. The molecule has 4 aliphatic carbocycles. The number of piperidine rings is 2. The Morgan fingerprint density at radius 1 is 0.581 bits per heavy atom. The summed E-state index contributed by atoms with van der Waals surface area (Å²) in [6, 6.07) is 1.79. The van der Waals surface area contributed by atoms with Crippen molar-refractivity contribution in [3.8, 4) is 0 Å². The van der Waals surface area contributed by atoms with Crippen LogP contribution in [0.15, 0.2) is 0 Å². The van der Waals surface area contributed by atoms with Gasteiger partial charge in [0.05, 0.1) is 0 Å². The van der Waals surface area contributed by atoms with Crippen molar-refractivity contribution in [2.45, 2.75) is 122 Å². The lowest BCUT2D eigenvalue weighted by molar-refractivity contribution is -0.173. The van der Waals surface area contributed by atoms with Crippen LogP contribution in [0.4, 0.5) is 0 Å². The molecule has 0 N–H and O–H groups in total. The molecule has 0 amide bonds. The molecule has 2 nitrogen and oxygen atoms in total. The monoisotopic (exact) mass is 426 g/mol. The highest BCUT2D eigenvalue weighted by molar-refractivity contribution is 5.14. The lowest BCUT2D eigenvalue weighted by atomic mass is 9.43. The van der Waals surface area contributed by atoms with Crippen molar-refractivity contribution in [2.24, 2.45) is 34.5 Å². The van der Waals surface area contributed by atoms with Crippen molar-refractivity contribution < 1.29 is 0 Å². The lowest BCUT2D eigenvalue weighted by Crippen LogP contribution is -2.67. The predicted octanol–water partition coefficient (Wildman–Crippen LogP) is 6.74. The standard InChI is InChI=1S/C29H50N2/c1-28-15-10-12-23(28)22-21-26(30-17-5-3-6-18-30)25-11-9-13-27(31-19-7-4-8-20-31)29(25,2)24(22)14-16-28/h22-27H,3-21H2,1-2H3/t22-,23-,24-,25+,26?,27?,28-,29+/m0/s1. The van der Waals surface area contributed by atoms with Gasteiger partial charge in [-0.3, -0.25) is 4.90 Å². The van der Waals surface area contributed by atoms with Gasteiger partial charge in [0.25, 0.3) is 0 Å². The molecule has 6 aliphatic rings. The van der Waals surface area contributed by atoms with Gasteiger partial charge in [0.1, 0.15) is 0 Å². The fraction of sp³-hybridized carbons (Fsp3) is 1.00. The minimum Gasteiger partial charge on any atom is -0.300 e. The third-order valence-electron chi connectivity index (χ3n) is 12.2. The first kappa shape index (κ1) is 21.5. The Bertz CT molecular complexity index is 635. The molecule has 6 fully saturated rings. The van der Waals surface area contributed by atoms with Gasteiger partial charge in [-0.2, -0.15) is 0 Å². The van der Waals surface area contributed by atoms with E-state index in [1.165, 1.54) is 96.8 Å². The van der Waals surface area contributed by atoms with E-state index in [0.717, 1.165) is 35.8 Å². The fourth-order valence-electron chi connectivity index (χ4n) is 10.8. The largest absolute Gasteiger partial charge is 0.300 e. The van der Waals surface area contributed by atoms with Crippen molar-refractivity contribution in [1.29, 1.82) is 0 Å². The molecule has 31 heavy (non-hydrogen) atoms. The molecular weight excluding hydrogens is 376 g/mol. The zero-order valence-electron chi connectivity index (χ0n) is 20.8. The molecule has 2 aliphatic heterocycles. The third kappa shape index (κ3) is 3.39. The Balaban J connectivity index is 1.38. The van der Waals surface area contributed by atoms with Gasteiger partial charge in [-0.25, -0.2) is 0 Å². The molecule has 4 saturated carbocycles. The number of hydrogen-bond acceptors (Lipinski definition) is 2. The first-order valence-electron chi connectivity index (χ1n) is 14.6. The molecule has 0 aromatic carbocycles. The van der Waals surface area contributed by atoms with Crippen LogP contribution in [0, 0.1) is 34.5 Å². The molecule has 2 heterocycles. The van der Waals surface area contributed by atoms with Crippen molar-refractivity contribution in [2.75, 3.05) is 26.2 Å².